The van der Waals surface area contributed by atoms with Gasteiger partial charge in [0, 0.05) is 0 Å². The Balaban J connectivity index is 2.51. The predicted molar refractivity (Wildman–Crippen MR) is 87.9 cm³/mol. The van der Waals surface area contributed by atoms with Gasteiger partial charge in [0.2, 0.25) is 5.91 Å². The SMILES string of the molecule is CCC(C)(NC(=O)CS(=O)(=O)CCCc1ccccc1)C(=O)O. The summed E-state index contributed by atoms with van der Waals surface area (Å²) in [5.74, 6) is -2.76. The maximum atomic E-state index is 12.0. The number of carbonyl (C=O) groups is 2. The number of hydrogen-bond acceptors (Lipinski definition) is 4. The normalized spacial score (nSPS) is 14.0. The molecule has 0 aromatic heterocycles. The zero-order valence-corrected chi connectivity index (χ0v) is 14.2. The van der Waals surface area contributed by atoms with Crippen molar-refractivity contribution in [3.8, 4) is 0 Å². The van der Waals surface area contributed by atoms with Crippen LogP contribution >= 0.6 is 0 Å². The highest BCUT2D eigenvalue weighted by atomic mass is 32.2. The highest BCUT2D eigenvalue weighted by molar-refractivity contribution is 7.92. The molecule has 2 N–H and O–H groups in total. The number of benzene rings is 1. The van der Waals surface area contributed by atoms with E-state index in [0.717, 1.165) is 5.56 Å². The Kier molecular flexibility index (Phi) is 6.75. The molecule has 7 heteroatoms. The van der Waals surface area contributed by atoms with Crippen LogP contribution in [0, 0.1) is 0 Å². The summed E-state index contributed by atoms with van der Waals surface area (Å²) in [5.41, 5.74) is -0.409. The summed E-state index contributed by atoms with van der Waals surface area (Å²) in [4.78, 5) is 22.9. The summed E-state index contributed by atoms with van der Waals surface area (Å²) in [5, 5.41) is 11.4. The first-order valence-corrected chi connectivity index (χ1v) is 9.29. The number of rotatable bonds is 9. The van der Waals surface area contributed by atoms with Crippen LogP contribution in [0.2, 0.25) is 0 Å². The highest BCUT2D eigenvalue weighted by Gasteiger charge is 2.33. The van der Waals surface area contributed by atoms with Gasteiger partial charge in [-0.2, -0.15) is 0 Å². The van der Waals surface area contributed by atoms with E-state index in [0.29, 0.717) is 12.8 Å². The summed E-state index contributed by atoms with van der Waals surface area (Å²) >= 11 is 0. The largest absolute Gasteiger partial charge is 0.480 e. The first kappa shape index (κ1) is 19.2. The van der Waals surface area contributed by atoms with Crippen LogP contribution in [-0.2, 0) is 25.8 Å². The van der Waals surface area contributed by atoms with Crippen molar-refractivity contribution in [2.75, 3.05) is 11.5 Å². The van der Waals surface area contributed by atoms with Gasteiger partial charge in [0.05, 0.1) is 5.75 Å². The minimum Gasteiger partial charge on any atom is -0.480 e. The highest BCUT2D eigenvalue weighted by Crippen LogP contribution is 2.10. The van der Waals surface area contributed by atoms with Gasteiger partial charge in [-0.1, -0.05) is 37.3 Å². The van der Waals surface area contributed by atoms with E-state index in [1.807, 2.05) is 30.3 Å². The molecule has 0 spiro atoms. The Morgan fingerprint density at radius 3 is 2.35 bits per heavy atom. The number of aryl methyl sites for hydroxylation is 1. The number of sulfone groups is 1. The van der Waals surface area contributed by atoms with E-state index < -0.39 is 33.0 Å². The van der Waals surface area contributed by atoms with Gasteiger partial charge in [0.25, 0.3) is 0 Å². The van der Waals surface area contributed by atoms with Crippen LogP contribution in [0.4, 0.5) is 0 Å². The fraction of sp³-hybridized carbons (Fsp3) is 0.500. The average molecular weight is 341 g/mol. The van der Waals surface area contributed by atoms with E-state index in [2.05, 4.69) is 5.32 Å². The molecule has 23 heavy (non-hydrogen) atoms. The second kappa shape index (κ2) is 8.10. The fourth-order valence-electron chi connectivity index (χ4n) is 2.05. The molecule has 1 amide bonds. The Morgan fingerprint density at radius 2 is 1.83 bits per heavy atom. The molecule has 0 saturated heterocycles. The van der Waals surface area contributed by atoms with Gasteiger partial charge in [-0.25, -0.2) is 13.2 Å². The number of carboxylic acids is 1. The molecule has 0 aliphatic rings. The van der Waals surface area contributed by atoms with E-state index in [-0.39, 0.29) is 12.2 Å². The van der Waals surface area contributed by atoms with Crippen LogP contribution in [0.3, 0.4) is 0 Å². The molecule has 1 aromatic carbocycles. The Bertz CT molecular complexity index is 642. The summed E-state index contributed by atoms with van der Waals surface area (Å²) in [6.45, 7) is 2.97. The van der Waals surface area contributed by atoms with Gasteiger partial charge in [-0.15, -0.1) is 0 Å². The molecule has 128 valence electrons. The standard InChI is InChI=1S/C16H23NO5S/c1-3-16(2,15(19)20)17-14(18)12-23(21,22)11-7-10-13-8-5-4-6-9-13/h4-6,8-9H,3,7,10-12H2,1-2H3,(H,17,18)(H,19,20). The molecule has 1 aromatic rings. The maximum Gasteiger partial charge on any atom is 0.329 e. The van der Waals surface area contributed by atoms with Gasteiger partial charge in [-0.05, 0) is 31.7 Å². The summed E-state index contributed by atoms with van der Waals surface area (Å²) in [7, 11) is -3.56. The Morgan fingerprint density at radius 1 is 1.22 bits per heavy atom. The number of aliphatic carboxylic acids is 1. The molecule has 0 aliphatic heterocycles. The molecule has 0 heterocycles. The van der Waals surface area contributed by atoms with Crippen molar-refractivity contribution in [2.24, 2.45) is 0 Å². The Labute approximate surface area is 136 Å². The number of hydrogen-bond donors (Lipinski definition) is 2. The molecular weight excluding hydrogens is 318 g/mol. The van der Waals surface area contributed by atoms with Crippen molar-refractivity contribution < 1.29 is 23.1 Å². The minimum atomic E-state index is -3.56. The van der Waals surface area contributed by atoms with Crippen molar-refractivity contribution in [2.45, 2.75) is 38.6 Å². The summed E-state index contributed by atoms with van der Waals surface area (Å²) < 4.78 is 23.9. The fourth-order valence-corrected chi connectivity index (χ4v) is 3.25. The predicted octanol–water partition coefficient (Wildman–Crippen LogP) is 1.40. The number of carboxylic acid groups (broad SMARTS) is 1. The number of carbonyl (C=O) groups excluding carboxylic acids is 1. The zero-order chi connectivity index (χ0) is 17.5. The lowest BCUT2D eigenvalue weighted by molar-refractivity contribution is -0.146. The molecule has 1 atom stereocenters. The quantitative estimate of drug-likeness (QED) is 0.707. The van der Waals surface area contributed by atoms with Gasteiger partial charge < -0.3 is 10.4 Å². The number of nitrogens with one attached hydrogen (secondary N) is 1. The molecule has 1 rings (SSSR count). The third-order valence-electron chi connectivity index (χ3n) is 3.71. The van der Waals surface area contributed by atoms with Crippen molar-refractivity contribution >= 4 is 21.7 Å². The van der Waals surface area contributed by atoms with Gasteiger partial charge in [0.15, 0.2) is 9.84 Å². The van der Waals surface area contributed by atoms with E-state index in [1.54, 1.807) is 6.92 Å². The molecule has 0 saturated carbocycles. The minimum absolute atomic E-state index is 0.106. The lowest BCUT2D eigenvalue weighted by atomic mass is 9.99. The van der Waals surface area contributed by atoms with Gasteiger partial charge in [0.1, 0.15) is 11.3 Å². The van der Waals surface area contributed by atoms with Crippen LogP contribution < -0.4 is 5.32 Å². The van der Waals surface area contributed by atoms with Crippen LogP contribution in [0.1, 0.15) is 32.3 Å². The van der Waals surface area contributed by atoms with E-state index >= 15 is 0 Å². The molecule has 6 nitrogen and oxygen atoms in total. The molecule has 1 unspecified atom stereocenters. The lowest BCUT2D eigenvalue weighted by Crippen LogP contribution is -2.53. The first-order chi connectivity index (χ1) is 10.7. The third kappa shape index (κ3) is 6.40. The van der Waals surface area contributed by atoms with Crippen LogP contribution in [0.5, 0.6) is 0 Å². The van der Waals surface area contributed by atoms with Gasteiger partial charge in [-0.3, -0.25) is 4.79 Å². The van der Waals surface area contributed by atoms with Crippen molar-refractivity contribution in [3.05, 3.63) is 35.9 Å². The van der Waals surface area contributed by atoms with Crippen LogP contribution in [0.15, 0.2) is 30.3 Å². The van der Waals surface area contributed by atoms with Crippen LogP contribution in [0.25, 0.3) is 0 Å². The van der Waals surface area contributed by atoms with Crippen molar-refractivity contribution in [3.63, 3.8) is 0 Å². The second-order valence-electron chi connectivity index (χ2n) is 5.72. The third-order valence-corrected chi connectivity index (χ3v) is 5.32. The maximum absolute atomic E-state index is 12.0. The molecule has 0 bridgehead atoms. The average Bonchev–Trinajstić information content (AvgIpc) is 2.47. The summed E-state index contributed by atoms with van der Waals surface area (Å²) in [6, 6.07) is 9.49. The summed E-state index contributed by atoms with van der Waals surface area (Å²) in [6.07, 6.45) is 1.20. The van der Waals surface area contributed by atoms with E-state index in [1.165, 1.54) is 6.92 Å². The molecule has 0 radical (unpaired) electrons. The topological polar surface area (TPSA) is 101 Å². The smallest absolute Gasteiger partial charge is 0.329 e. The first-order valence-electron chi connectivity index (χ1n) is 7.47. The van der Waals surface area contributed by atoms with Gasteiger partial charge >= 0.3 is 5.97 Å². The molecular formula is C16H23NO5S. The second-order valence-corrected chi connectivity index (χ2v) is 7.90. The lowest BCUT2D eigenvalue weighted by Gasteiger charge is -2.24. The monoisotopic (exact) mass is 341 g/mol. The van der Waals surface area contributed by atoms with E-state index in [9.17, 15) is 18.0 Å². The van der Waals surface area contributed by atoms with Crippen molar-refractivity contribution in [1.82, 2.24) is 5.32 Å². The molecule has 0 aliphatic carbocycles. The zero-order valence-electron chi connectivity index (χ0n) is 13.4. The van der Waals surface area contributed by atoms with E-state index in [4.69, 9.17) is 5.11 Å². The number of amides is 1. The van der Waals surface area contributed by atoms with Crippen molar-refractivity contribution in [1.29, 1.82) is 0 Å². The molecule has 0 fully saturated rings. The Hall–Kier alpha value is -1.89. The van der Waals surface area contributed by atoms with Crippen LogP contribution in [-0.4, -0.2) is 42.4 Å².